The number of hydrogen-bond acceptors (Lipinski definition) is 7. The molecule has 0 aliphatic carbocycles. The van der Waals surface area contributed by atoms with E-state index in [1.54, 1.807) is 37.3 Å². The Morgan fingerprint density at radius 3 is 2.06 bits per heavy atom. The van der Waals surface area contributed by atoms with E-state index in [0.717, 1.165) is 4.90 Å². The van der Waals surface area contributed by atoms with E-state index in [9.17, 15) is 48.9 Å². The lowest BCUT2D eigenvalue weighted by molar-refractivity contribution is -0.148. The average Bonchev–Trinajstić information content (AvgIpc) is 3.06. The monoisotopic (exact) mass is 676 g/mol. The van der Waals surface area contributed by atoms with E-state index in [-0.39, 0.29) is 42.2 Å². The van der Waals surface area contributed by atoms with E-state index in [1.165, 1.54) is 37.3 Å². The van der Waals surface area contributed by atoms with Crippen LogP contribution in [0.3, 0.4) is 0 Å². The normalized spacial score (nSPS) is 12.6. The summed E-state index contributed by atoms with van der Waals surface area (Å²) in [4.78, 5) is 86.8. The van der Waals surface area contributed by atoms with Crippen molar-refractivity contribution in [3.05, 3.63) is 71.8 Å². The summed E-state index contributed by atoms with van der Waals surface area (Å²) in [6.45, 7) is 5.03. The molecule has 3 aromatic carbocycles. The van der Waals surface area contributed by atoms with E-state index >= 15 is 0 Å². The van der Waals surface area contributed by atoms with Crippen molar-refractivity contribution >= 4 is 63.7 Å². The van der Waals surface area contributed by atoms with Crippen LogP contribution in [0.25, 0.3) is 10.8 Å². The largest absolute Gasteiger partial charge is 0.480 e. The van der Waals surface area contributed by atoms with Crippen LogP contribution in [-0.2, 0) is 35.2 Å². The molecule has 4 amide bonds. The summed E-state index contributed by atoms with van der Waals surface area (Å²) < 4.78 is 0. The number of nitrogens with zero attached hydrogens (tertiary/aromatic N) is 1. The van der Waals surface area contributed by atoms with Gasteiger partial charge in [0.25, 0.3) is 0 Å². The molecule has 0 spiro atoms. The minimum Gasteiger partial charge on any atom is -0.480 e. The van der Waals surface area contributed by atoms with Gasteiger partial charge in [-0.25, -0.2) is 14.4 Å². The molecule has 1 unspecified atom stereocenters. The first kappa shape index (κ1) is 37.7. The number of anilines is 2. The summed E-state index contributed by atoms with van der Waals surface area (Å²) in [7, 11) is 0. The van der Waals surface area contributed by atoms with Gasteiger partial charge >= 0.3 is 23.8 Å². The van der Waals surface area contributed by atoms with Crippen LogP contribution in [0.15, 0.2) is 60.7 Å². The Morgan fingerprint density at radius 1 is 0.796 bits per heavy atom. The van der Waals surface area contributed by atoms with Crippen LogP contribution < -0.4 is 20.9 Å². The Morgan fingerprint density at radius 2 is 1.45 bits per heavy atom. The third kappa shape index (κ3) is 9.86. The number of carboxylic acid groups (broad SMARTS) is 3. The summed E-state index contributed by atoms with van der Waals surface area (Å²) in [5.41, 5.74) is 0.242. The first-order chi connectivity index (χ1) is 23.3. The predicted molar refractivity (Wildman–Crippen MR) is 179 cm³/mol. The number of amides is 4. The minimum atomic E-state index is -1.80. The summed E-state index contributed by atoms with van der Waals surface area (Å²) in [5.74, 6) is -7.23. The van der Waals surface area contributed by atoms with E-state index < -0.39 is 53.6 Å². The lowest BCUT2D eigenvalue weighted by Crippen LogP contribution is -2.47. The smallest absolute Gasteiger partial charge is 0.395 e. The van der Waals surface area contributed by atoms with Crippen LogP contribution in [-0.4, -0.2) is 75.5 Å². The zero-order valence-electron chi connectivity index (χ0n) is 27.4. The Bertz CT molecular complexity index is 1740. The van der Waals surface area contributed by atoms with Gasteiger partial charge in [0.05, 0.1) is 16.9 Å². The van der Waals surface area contributed by atoms with Gasteiger partial charge in [-0.1, -0.05) is 62.7 Å². The average molecular weight is 677 g/mol. The van der Waals surface area contributed by atoms with Crippen molar-refractivity contribution in [1.29, 1.82) is 0 Å². The molecule has 14 heteroatoms. The number of rotatable bonds is 16. The molecule has 3 rings (SSSR count). The number of aromatic carboxylic acids is 1. The fourth-order valence-corrected chi connectivity index (χ4v) is 5.36. The van der Waals surface area contributed by atoms with Crippen molar-refractivity contribution in [2.45, 2.75) is 65.0 Å². The second kappa shape index (κ2) is 17.4. The molecule has 0 aromatic heterocycles. The number of carboxylic acids is 3. The number of nitrogens with one attached hydrogen (secondary N) is 3. The van der Waals surface area contributed by atoms with E-state index in [0.29, 0.717) is 35.6 Å². The van der Waals surface area contributed by atoms with Crippen LogP contribution in [0.1, 0.15) is 62.4 Å². The number of carbonyl (C=O) groups excluding carboxylic acids is 4. The standard InChI is InChI=1S/C35H40N4O10/c1-4-20(2)30(34(46)47)38-29(41)15-9-10-18-36-31(42)26(37-21(3)40)19-22-16-17-28(24-12-6-5-11-23(22)24)39(32(43)35(48)49)27-14-8-7-13-25(27)33(44)45/h5-8,11-14,16-17,20,26,30H,4,9-10,15,18-19H2,1-3H3,(H,36,42)(H,37,40)(H,38,41)(H,44,45)(H,46,47)(H,48,49)/t20-,26?,30-/m0/s1. The van der Waals surface area contributed by atoms with Gasteiger partial charge in [-0.05, 0) is 47.9 Å². The van der Waals surface area contributed by atoms with Gasteiger partial charge in [-0.2, -0.15) is 0 Å². The first-order valence-corrected chi connectivity index (χ1v) is 15.7. The van der Waals surface area contributed by atoms with E-state index in [2.05, 4.69) is 16.0 Å². The lowest BCUT2D eigenvalue weighted by Gasteiger charge is -2.25. The Hall–Kier alpha value is -5.79. The molecular formula is C35H40N4O10. The first-order valence-electron chi connectivity index (χ1n) is 15.7. The second-order valence-electron chi connectivity index (χ2n) is 11.5. The van der Waals surface area contributed by atoms with Gasteiger partial charge in [0, 0.05) is 31.7 Å². The molecule has 0 fully saturated rings. The molecule has 14 nitrogen and oxygen atoms in total. The highest BCUT2D eigenvalue weighted by Crippen LogP contribution is 2.36. The van der Waals surface area contributed by atoms with Crippen LogP contribution in [0.4, 0.5) is 11.4 Å². The molecule has 0 aliphatic heterocycles. The van der Waals surface area contributed by atoms with Gasteiger partial charge in [0.15, 0.2) is 0 Å². The number of fused-ring (bicyclic) bond motifs is 1. The van der Waals surface area contributed by atoms with Crippen molar-refractivity contribution in [3.63, 3.8) is 0 Å². The summed E-state index contributed by atoms with van der Waals surface area (Å²) >= 11 is 0. The topological polar surface area (TPSA) is 220 Å². The van der Waals surface area contributed by atoms with Crippen molar-refractivity contribution < 1.29 is 48.9 Å². The third-order valence-corrected chi connectivity index (χ3v) is 8.04. The molecule has 6 N–H and O–H groups in total. The molecular weight excluding hydrogens is 636 g/mol. The van der Waals surface area contributed by atoms with Crippen LogP contribution in [0.2, 0.25) is 0 Å². The Balaban J connectivity index is 1.81. The van der Waals surface area contributed by atoms with Gasteiger partial charge in [0.1, 0.15) is 12.1 Å². The van der Waals surface area contributed by atoms with Gasteiger partial charge in [-0.3, -0.25) is 24.1 Å². The lowest BCUT2D eigenvalue weighted by atomic mass is 9.96. The molecule has 0 aliphatic rings. The fraction of sp³-hybridized carbons (Fsp3) is 0.343. The van der Waals surface area contributed by atoms with Crippen LogP contribution in [0.5, 0.6) is 0 Å². The molecule has 0 saturated carbocycles. The predicted octanol–water partition coefficient (Wildman–Crippen LogP) is 3.24. The quantitative estimate of drug-likeness (QED) is 0.0961. The molecule has 0 heterocycles. The summed E-state index contributed by atoms with van der Waals surface area (Å²) in [5, 5.41) is 37.6. The van der Waals surface area contributed by atoms with Crippen molar-refractivity contribution in [2.75, 3.05) is 11.4 Å². The summed E-state index contributed by atoms with van der Waals surface area (Å²) in [6.07, 6.45) is 1.46. The molecule has 260 valence electrons. The number of benzene rings is 3. The highest BCUT2D eigenvalue weighted by Gasteiger charge is 2.30. The van der Waals surface area contributed by atoms with Crippen molar-refractivity contribution in [2.24, 2.45) is 5.92 Å². The molecule has 0 saturated heterocycles. The van der Waals surface area contributed by atoms with Gasteiger partial charge in [0.2, 0.25) is 17.7 Å². The number of carbonyl (C=O) groups is 7. The maximum atomic E-state index is 13.2. The maximum Gasteiger partial charge on any atom is 0.395 e. The number of para-hydroxylation sites is 1. The fourth-order valence-electron chi connectivity index (χ4n) is 5.36. The van der Waals surface area contributed by atoms with Crippen molar-refractivity contribution in [3.8, 4) is 0 Å². The van der Waals surface area contributed by atoms with Gasteiger partial charge in [-0.15, -0.1) is 0 Å². The molecule has 0 bridgehead atoms. The van der Waals surface area contributed by atoms with Gasteiger partial charge < -0.3 is 31.3 Å². The SMILES string of the molecule is CC[C@H](C)[C@H](NC(=O)CCCCNC(=O)C(Cc1ccc(N(C(=O)C(=O)O)c2ccccc2C(=O)O)c2ccccc12)NC(C)=O)C(=O)O. The highest BCUT2D eigenvalue weighted by atomic mass is 16.4. The highest BCUT2D eigenvalue weighted by molar-refractivity contribution is 6.40. The zero-order valence-corrected chi connectivity index (χ0v) is 27.4. The summed E-state index contributed by atoms with van der Waals surface area (Å²) in [6, 6.07) is 13.2. The molecule has 3 atom stereocenters. The molecule has 49 heavy (non-hydrogen) atoms. The zero-order chi connectivity index (χ0) is 36.2. The van der Waals surface area contributed by atoms with Crippen LogP contribution in [0, 0.1) is 5.92 Å². The van der Waals surface area contributed by atoms with Crippen molar-refractivity contribution in [1.82, 2.24) is 16.0 Å². The van der Waals surface area contributed by atoms with Crippen LogP contribution >= 0.6 is 0 Å². The maximum absolute atomic E-state index is 13.2. The Kier molecular flexibility index (Phi) is 13.4. The number of aliphatic carboxylic acids is 2. The Labute approximate surface area is 282 Å². The second-order valence-corrected chi connectivity index (χ2v) is 11.5. The minimum absolute atomic E-state index is 0.0133. The molecule has 0 radical (unpaired) electrons. The number of hydrogen-bond donors (Lipinski definition) is 6. The van der Waals surface area contributed by atoms with E-state index in [4.69, 9.17) is 0 Å². The third-order valence-electron chi connectivity index (χ3n) is 8.04. The molecule has 3 aromatic rings. The number of unbranched alkanes of at least 4 members (excludes halogenated alkanes) is 1. The van der Waals surface area contributed by atoms with E-state index in [1.807, 2.05) is 6.92 Å².